The molecule has 1 spiro atoms. The standard InChI is InChI=1S/C21H21N3/c1-23-13-7-6-12-21(23)22-15-20-18-10-4-2-8-16(18)14-17-9-3-5-11-19(17)24(20)21/h2-13,20,22H,14-15H2,1H3. The van der Waals surface area contributed by atoms with E-state index in [1.807, 2.05) is 0 Å². The van der Waals surface area contributed by atoms with E-state index < -0.39 is 0 Å². The SMILES string of the molecule is CN1C=CC=CC12NCC1c3ccccc3Cc3ccccc3N12. The van der Waals surface area contributed by atoms with Crippen molar-refractivity contribution < 1.29 is 0 Å². The predicted octanol–water partition coefficient (Wildman–Crippen LogP) is 3.41. The van der Waals surface area contributed by atoms with Gasteiger partial charge < -0.3 is 9.80 Å². The minimum absolute atomic E-state index is 0.299. The summed E-state index contributed by atoms with van der Waals surface area (Å²) in [4.78, 5) is 4.84. The Balaban J connectivity index is 1.77. The topological polar surface area (TPSA) is 18.5 Å². The van der Waals surface area contributed by atoms with Gasteiger partial charge in [-0.05, 0) is 41.3 Å². The average Bonchev–Trinajstić information content (AvgIpc) is 2.91. The maximum atomic E-state index is 3.79. The highest BCUT2D eigenvalue weighted by atomic mass is 15.5. The van der Waals surface area contributed by atoms with E-state index in [4.69, 9.17) is 0 Å². The van der Waals surface area contributed by atoms with Crippen LogP contribution in [0.5, 0.6) is 0 Å². The Labute approximate surface area is 142 Å². The molecule has 3 heteroatoms. The van der Waals surface area contributed by atoms with Crippen molar-refractivity contribution in [1.82, 2.24) is 10.2 Å². The number of nitrogens with zero attached hydrogens (tertiary/aromatic N) is 2. The highest BCUT2D eigenvalue weighted by Gasteiger charge is 2.49. The maximum absolute atomic E-state index is 3.79. The van der Waals surface area contributed by atoms with E-state index in [1.54, 1.807) is 0 Å². The molecule has 0 bridgehead atoms. The fourth-order valence-electron chi connectivity index (χ4n) is 4.42. The summed E-state index contributed by atoms with van der Waals surface area (Å²) in [6, 6.07) is 18.1. The second kappa shape index (κ2) is 4.99. The molecule has 5 rings (SSSR count). The third-order valence-electron chi connectivity index (χ3n) is 5.57. The summed E-state index contributed by atoms with van der Waals surface area (Å²) < 4.78 is 0. The zero-order valence-electron chi connectivity index (χ0n) is 13.8. The molecule has 1 N–H and O–H groups in total. The van der Waals surface area contributed by atoms with E-state index in [0.717, 1.165) is 13.0 Å². The first kappa shape index (κ1) is 13.9. The number of rotatable bonds is 0. The molecule has 1 fully saturated rings. The molecule has 3 heterocycles. The highest BCUT2D eigenvalue weighted by molar-refractivity contribution is 5.64. The molecule has 120 valence electrons. The summed E-state index contributed by atoms with van der Waals surface area (Å²) in [7, 11) is 2.15. The Morgan fingerprint density at radius 3 is 2.67 bits per heavy atom. The molecule has 3 aliphatic rings. The Bertz CT molecular complexity index is 854. The van der Waals surface area contributed by atoms with Crippen molar-refractivity contribution in [3.05, 3.63) is 89.6 Å². The summed E-state index contributed by atoms with van der Waals surface area (Å²) in [5.41, 5.74) is 5.60. The molecule has 3 aliphatic heterocycles. The van der Waals surface area contributed by atoms with Crippen LogP contribution in [0.3, 0.4) is 0 Å². The summed E-state index contributed by atoms with van der Waals surface area (Å²) in [5, 5.41) is 3.79. The van der Waals surface area contributed by atoms with Crippen molar-refractivity contribution in [2.45, 2.75) is 18.2 Å². The normalized spacial score (nSPS) is 27.0. The number of anilines is 1. The zero-order chi connectivity index (χ0) is 16.1. The molecule has 0 radical (unpaired) electrons. The monoisotopic (exact) mass is 315 g/mol. The average molecular weight is 315 g/mol. The lowest BCUT2D eigenvalue weighted by molar-refractivity contribution is 0.212. The Morgan fingerprint density at radius 2 is 1.79 bits per heavy atom. The first-order valence-electron chi connectivity index (χ1n) is 8.59. The number of likely N-dealkylation sites (N-methyl/N-ethyl adjacent to an activating group) is 1. The third kappa shape index (κ3) is 1.76. The van der Waals surface area contributed by atoms with Gasteiger partial charge in [0.1, 0.15) is 0 Å². The first-order valence-corrected chi connectivity index (χ1v) is 8.59. The van der Waals surface area contributed by atoms with E-state index in [9.17, 15) is 0 Å². The quantitative estimate of drug-likeness (QED) is 0.804. The van der Waals surface area contributed by atoms with Crippen molar-refractivity contribution in [1.29, 1.82) is 0 Å². The molecule has 2 unspecified atom stereocenters. The lowest BCUT2D eigenvalue weighted by Gasteiger charge is -2.46. The van der Waals surface area contributed by atoms with Gasteiger partial charge in [0.25, 0.3) is 0 Å². The largest absolute Gasteiger partial charge is 0.343 e. The number of fused-ring (bicyclic) bond motifs is 6. The van der Waals surface area contributed by atoms with Crippen LogP contribution in [0.4, 0.5) is 5.69 Å². The minimum Gasteiger partial charge on any atom is -0.343 e. The van der Waals surface area contributed by atoms with Gasteiger partial charge >= 0.3 is 0 Å². The van der Waals surface area contributed by atoms with Crippen molar-refractivity contribution in [2.75, 3.05) is 18.5 Å². The number of nitrogens with one attached hydrogen (secondary N) is 1. The van der Waals surface area contributed by atoms with Crippen LogP contribution in [-0.4, -0.2) is 24.3 Å². The maximum Gasteiger partial charge on any atom is 0.189 e. The first-order chi connectivity index (χ1) is 11.8. The summed E-state index contributed by atoms with van der Waals surface area (Å²) >= 11 is 0. The van der Waals surface area contributed by atoms with Crippen LogP contribution in [-0.2, 0) is 6.42 Å². The molecule has 0 aromatic heterocycles. The molecule has 2 aromatic rings. The Kier molecular flexibility index (Phi) is 2.88. The molecule has 0 saturated carbocycles. The van der Waals surface area contributed by atoms with Gasteiger partial charge in [0.2, 0.25) is 0 Å². The molecule has 3 nitrogen and oxygen atoms in total. The van der Waals surface area contributed by atoms with Gasteiger partial charge in [-0.3, -0.25) is 5.32 Å². The number of hydrogen-bond donors (Lipinski definition) is 1. The van der Waals surface area contributed by atoms with Gasteiger partial charge in [0.05, 0.1) is 6.04 Å². The molecule has 1 saturated heterocycles. The molecular weight excluding hydrogens is 294 g/mol. The molecule has 24 heavy (non-hydrogen) atoms. The molecular formula is C21H21N3. The van der Waals surface area contributed by atoms with Gasteiger partial charge in [-0.2, -0.15) is 0 Å². The molecule has 0 aliphatic carbocycles. The zero-order valence-corrected chi connectivity index (χ0v) is 13.8. The van der Waals surface area contributed by atoms with Crippen LogP contribution in [0.2, 0.25) is 0 Å². The number of para-hydroxylation sites is 1. The smallest absolute Gasteiger partial charge is 0.189 e. The van der Waals surface area contributed by atoms with Gasteiger partial charge in [-0.1, -0.05) is 48.5 Å². The van der Waals surface area contributed by atoms with E-state index >= 15 is 0 Å². The van der Waals surface area contributed by atoms with Gasteiger partial charge in [0.15, 0.2) is 5.79 Å². The van der Waals surface area contributed by atoms with Crippen LogP contribution in [0.15, 0.2) is 73.0 Å². The van der Waals surface area contributed by atoms with Crippen molar-refractivity contribution in [3.8, 4) is 0 Å². The molecule has 0 amide bonds. The minimum atomic E-state index is -0.299. The number of hydrogen-bond acceptors (Lipinski definition) is 3. The van der Waals surface area contributed by atoms with E-state index in [1.165, 1.54) is 22.4 Å². The van der Waals surface area contributed by atoms with Crippen molar-refractivity contribution >= 4 is 5.69 Å². The second-order valence-electron chi connectivity index (χ2n) is 6.81. The van der Waals surface area contributed by atoms with Crippen LogP contribution >= 0.6 is 0 Å². The van der Waals surface area contributed by atoms with E-state index in [2.05, 4.69) is 95.1 Å². The van der Waals surface area contributed by atoms with Gasteiger partial charge in [-0.25, -0.2) is 0 Å². The lowest BCUT2D eigenvalue weighted by atomic mass is 9.97. The Morgan fingerprint density at radius 1 is 1.00 bits per heavy atom. The van der Waals surface area contributed by atoms with Crippen LogP contribution < -0.4 is 10.2 Å². The van der Waals surface area contributed by atoms with E-state index in [-0.39, 0.29) is 5.79 Å². The Hall–Kier alpha value is -2.52. The highest BCUT2D eigenvalue weighted by Crippen LogP contribution is 2.45. The lowest BCUT2D eigenvalue weighted by Crippen LogP contribution is -2.60. The predicted molar refractivity (Wildman–Crippen MR) is 97.7 cm³/mol. The number of benzene rings is 2. The molecule has 2 atom stereocenters. The fourth-order valence-corrected chi connectivity index (χ4v) is 4.42. The van der Waals surface area contributed by atoms with E-state index in [0.29, 0.717) is 6.04 Å². The van der Waals surface area contributed by atoms with Crippen LogP contribution in [0.1, 0.15) is 22.7 Å². The summed E-state index contributed by atoms with van der Waals surface area (Å²) in [6.45, 7) is 0.938. The number of allylic oxidation sites excluding steroid dienone is 2. The van der Waals surface area contributed by atoms with Gasteiger partial charge in [-0.15, -0.1) is 0 Å². The third-order valence-corrected chi connectivity index (χ3v) is 5.57. The molecule has 2 aromatic carbocycles. The summed E-state index contributed by atoms with van der Waals surface area (Å²) in [5.74, 6) is -0.299. The van der Waals surface area contributed by atoms with Crippen molar-refractivity contribution in [2.24, 2.45) is 0 Å². The van der Waals surface area contributed by atoms with Crippen molar-refractivity contribution in [3.63, 3.8) is 0 Å². The van der Waals surface area contributed by atoms with Crippen LogP contribution in [0, 0.1) is 0 Å². The van der Waals surface area contributed by atoms with Crippen LogP contribution in [0.25, 0.3) is 0 Å². The second-order valence-corrected chi connectivity index (χ2v) is 6.81. The fraction of sp³-hybridized carbons (Fsp3) is 0.238. The van der Waals surface area contributed by atoms with Gasteiger partial charge in [0, 0.05) is 25.5 Å². The summed E-state index contributed by atoms with van der Waals surface area (Å²) in [6.07, 6.45) is 9.66.